The number of hydrogen-bond acceptors (Lipinski definition) is 3. The molecule has 4 heteroatoms. The molecule has 0 aromatic heterocycles. The van der Waals surface area contributed by atoms with E-state index in [-0.39, 0.29) is 5.97 Å². The summed E-state index contributed by atoms with van der Waals surface area (Å²) >= 11 is 5.78. The van der Waals surface area contributed by atoms with Gasteiger partial charge >= 0.3 is 5.97 Å². The number of benzene rings is 1. The van der Waals surface area contributed by atoms with Crippen molar-refractivity contribution in [3.63, 3.8) is 0 Å². The molecular weight excluding hydrogens is 238 g/mol. The second kappa shape index (κ2) is 5.41. The number of nitrogen functional groups attached to an aromatic ring is 1. The molecule has 3 nitrogen and oxygen atoms in total. The Bertz CT molecular complexity index is 416. The largest absolute Gasteiger partial charge is 0.462 e. The van der Waals surface area contributed by atoms with E-state index in [1.165, 1.54) is 19.3 Å². The molecule has 17 heavy (non-hydrogen) atoms. The molecule has 0 spiro atoms. The van der Waals surface area contributed by atoms with Crippen molar-refractivity contribution >= 4 is 23.3 Å². The van der Waals surface area contributed by atoms with Gasteiger partial charge in [0.2, 0.25) is 0 Å². The lowest BCUT2D eigenvalue weighted by Crippen LogP contribution is -2.15. The molecule has 0 amide bonds. The van der Waals surface area contributed by atoms with Gasteiger partial charge in [0.05, 0.1) is 22.9 Å². The Morgan fingerprint density at radius 2 is 2.24 bits per heavy atom. The molecule has 0 radical (unpaired) electrons. The maximum absolute atomic E-state index is 11.7. The van der Waals surface area contributed by atoms with Crippen molar-refractivity contribution in [1.82, 2.24) is 0 Å². The summed E-state index contributed by atoms with van der Waals surface area (Å²) in [6.07, 6.45) is 4.82. The zero-order valence-electron chi connectivity index (χ0n) is 9.62. The number of hydrogen-bond donors (Lipinski definition) is 1. The van der Waals surface area contributed by atoms with Crippen LogP contribution in [0.1, 0.15) is 36.0 Å². The van der Waals surface area contributed by atoms with E-state index in [1.807, 2.05) is 0 Å². The average Bonchev–Trinajstić information content (AvgIpc) is 2.25. The van der Waals surface area contributed by atoms with E-state index < -0.39 is 0 Å². The minimum absolute atomic E-state index is 0.326. The fourth-order valence-electron chi connectivity index (χ4n) is 1.85. The van der Waals surface area contributed by atoms with Crippen LogP contribution in [0.25, 0.3) is 0 Å². The maximum atomic E-state index is 11.7. The molecule has 1 aliphatic carbocycles. The van der Waals surface area contributed by atoms with Crippen molar-refractivity contribution in [3.05, 3.63) is 28.8 Å². The predicted octanol–water partition coefficient (Wildman–Crippen LogP) is 3.27. The standard InChI is InChI=1S/C13H16ClNO2/c14-11-5-4-10(8-12(11)15)13(16)17-7-6-9-2-1-3-9/h4-5,8-9H,1-3,6-7,15H2. The van der Waals surface area contributed by atoms with Gasteiger partial charge in [-0.25, -0.2) is 4.79 Å². The summed E-state index contributed by atoms with van der Waals surface area (Å²) in [7, 11) is 0. The summed E-state index contributed by atoms with van der Waals surface area (Å²) in [5.41, 5.74) is 6.49. The smallest absolute Gasteiger partial charge is 0.338 e. The van der Waals surface area contributed by atoms with Gasteiger partial charge in [-0.1, -0.05) is 30.9 Å². The molecule has 92 valence electrons. The number of esters is 1. The quantitative estimate of drug-likeness (QED) is 0.662. The van der Waals surface area contributed by atoms with Crippen molar-refractivity contribution in [2.45, 2.75) is 25.7 Å². The van der Waals surface area contributed by atoms with Crippen molar-refractivity contribution in [2.24, 2.45) is 5.92 Å². The van der Waals surface area contributed by atoms with Gasteiger partial charge in [0.15, 0.2) is 0 Å². The van der Waals surface area contributed by atoms with E-state index in [0.717, 1.165) is 12.3 Å². The number of anilines is 1. The van der Waals surface area contributed by atoms with Gasteiger partial charge in [0, 0.05) is 0 Å². The molecule has 1 aromatic carbocycles. The molecule has 1 aromatic rings. The highest BCUT2D eigenvalue weighted by atomic mass is 35.5. The van der Waals surface area contributed by atoms with Crippen molar-refractivity contribution in [1.29, 1.82) is 0 Å². The summed E-state index contributed by atoms with van der Waals surface area (Å²) in [5, 5.41) is 0.455. The second-order valence-electron chi connectivity index (χ2n) is 4.46. The molecule has 0 unspecified atom stereocenters. The predicted molar refractivity (Wildman–Crippen MR) is 68.1 cm³/mol. The first kappa shape index (κ1) is 12.2. The molecule has 2 N–H and O–H groups in total. The van der Waals surface area contributed by atoms with Gasteiger partial charge in [0.1, 0.15) is 0 Å². The first-order valence-electron chi connectivity index (χ1n) is 5.89. The van der Waals surface area contributed by atoms with Crippen molar-refractivity contribution in [3.8, 4) is 0 Å². The fourth-order valence-corrected chi connectivity index (χ4v) is 1.97. The number of nitrogens with two attached hydrogens (primary N) is 1. The third-order valence-electron chi connectivity index (χ3n) is 3.22. The summed E-state index contributed by atoms with van der Waals surface area (Å²) in [5.74, 6) is 0.422. The van der Waals surface area contributed by atoms with Crippen molar-refractivity contribution < 1.29 is 9.53 Å². The maximum Gasteiger partial charge on any atom is 0.338 e. The Kier molecular flexibility index (Phi) is 3.89. The zero-order chi connectivity index (χ0) is 12.3. The summed E-state index contributed by atoms with van der Waals surface area (Å²) in [6.45, 7) is 0.492. The van der Waals surface area contributed by atoms with Crippen LogP contribution in [-0.4, -0.2) is 12.6 Å². The lowest BCUT2D eigenvalue weighted by molar-refractivity contribution is 0.0464. The van der Waals surface area contributed by atoms with Gasteiger partial charge in [-0.2, -0.15) is 0 Å². The molecule has 1 fully saturated rings. The van der Waals surface area contributed by atoms with E-state index in [2.05, 4.69) is 0 Å². The minimum Gasteiger partial charge on any atom is -0.462 e. The van der Waals surface area contributed by atoms with Crippen LogP contribution in [0.5, 0.6) is 0 Å². The molecule has 0 saturated heterocycles. The molecule has 2 rings (SSSR count). The fraction of sp³-hybridized carbons (Fsp3) is 0.462. The Balaban J connectivity index is 1.83. The molecule has 1 saturated carbocycles. The van der Waals surface area contributed by atoms with Gasteiger partial charge in [-0.05, 0) is 30.5 Å². The van der Waals surface area contributed by atoms with Crippen LogP contribution in [0.2, 0.25) is 5.02 Å². The number of carbonyl (C=O) groups excluding carboxylic acids is 1. The topological polar surface area (TPSA) is 52.3 Å². The molecule has 0 atom stereocenters. The highest BCUT2D eigenvalue weighted by molar-refractivity contribution is 6.33. The third-order valence-corrected chi connectivity index (χ3v) is 3.56. The lowest BCUT2D eigenvalue weighted by Gasteiger charge is -2.24. The Hall–Kier alpha value is -1.22. The molecule has 1 aliphatic rings. The minimum atomic E-state index is -0.326. The van der Waals surface area contributed by atoms with Crippen molar-refractivity contribution in [2.75, 3.05) is 12.3 Å². The van der Waals surface area contributed by atoms with Gasteiger partial charge < -0.3 is 10.5 Å². The Morgan fingerprint density at radius 3 is 2.82 bits per heavy atom. The molecular formula is C13H16ClNO2. The second-order valence-corrected chi connectivity index (χ2v) is 4.87. The highest BCUT2D eigenvalue weighted by Gasteiger charge is 2.17. The summed E-state index contributed by atoms with van der Waals surface area (Å²) < 4.78 is 5.19. The molecule has 0 bridgehead atoms. The Morgan fingerprint density at radius 1 is 1.47 bits per heavy atom. The summed E-state index contributed by atoms with van der Waals surface area (Å²) in [4.78, 5) is 11.7. The molecule has 0 heterocycles. The lowest BCUT2D eigenvalue weighted by atomic mass is 9.83. The van der Waals surface area contributed by atoms with Gasteiger partial charge in [0.25, 0.3) is 0 Å². The van der Waals surface area contributed by atoms with E-state index in [4.69, 9.17) is 22.1 Å². The van der Waals surface area contributed by atoms with E-state index >= 15 is 0 Å². The third kappa shape index (κ3) is 3.13. The van der Waals surface area contributed by atoms with Crippen LogP contribution in [0.15, 0.2) is 18.2 Å². The normalized spacial score (nSPS) is 15.4. The Labute approximate surface area is 106 Å². The zero-order valence-corrected chi connectivity index (χ0v) is 10.4. The molecule has 0 aliphatic heterocycles. The highest BCUT2D eigenvalue weighted by Crippen LogP contribution is 2.29. The SMILES string of the molecule is Nc1cc(C(=O)OCCC2CCC2)ccc1Cl. The number of carbonyl (C=O) groups is 1. The monoisotopic (exact) mass is 253 g/mol. The van der Waals surface area contributed by atoms with E-state index in [1.54, 1.807) is 18.2 Å². The van der Waals surface area contributed by atoms with Crippen LogP contribution in [0.4, 0.5) is 5.69 Å². The van der Waals surface area contributed by atoms with Crippen LogP contribution in [-0.2, 0) is 4.74 Å². The van der Waals surface area contributed by atoms with Crippen LogP contribution >= 0.6 is 11.6 Å². The first-order valence-corrected chi connectivity index (χ1v) is 6.27. The van der Waals surface area contributed by atoms with Crippen LogP contribution in [0, 0.1) is 5.92 Å². The van der Waals surface area contributed by atoms with Crippen LogP contribution in [0.3, 0.4) is 0 Å². The van der Waals surface area contributed by atoms with Gasteiger partial charge in [-0.3, -0.25) is 0 Å². The van der Waals surface area contributed by atoms with E-state index in [9.17, 15) is 4.79 Å². The first-order chi connectivity index (χ1) is 8.16. The van der Waals surface area contributed by atoms with Crippen LogP contribution < -0.4 is 5.73 Å². The van der Waals surface area contributed by atoms with E-state index in [0.29, 0.717) is 22.9 Å². The number of ether oxygens (including phenoxy) is 1. The summed E-state index contributed by atoms with van der Waals surface area (Å²) in [6, 6.07) is 4.79. The van der Waals surface area contributed by atoms with Gasteiger partial charge in [-0.15, -0.1) is 0 Å². The number of rotatable bonds is 4. The number of halogens is 1. The average molecular weight is 254 g/mol.